The Morgan fingerprint density at radius 1 is 1.12 bits per heavy atom. The SMILES string of the molecule is COCCN(C)Cc1cn(CCCCCCSc2ccnc3cc(C(F)(F)F)ccc23)nn1. The fourth-order valence-corrected chi connectivity index (χ4v) is 4.51. The number of halogens is 3. The maximum Gasteiger partial charge on any atom is 0.416 e. The number of fused-ring (bicyclic) bond motifs is 1. The molecule has 0 bridgehead atoms. The molecule has 180 valence electrons. The van der Waals surface area contributed by atoms with Gasteiger partial charge in [0.15, 0.2) is 0 Å². The molecule has 10 heteroatoms. The number of benzene rings is 1. The third-order valence-electron chi connectivity index (χ3n) is 5.26. The summed E-state index contributed by atoms with van der Waals surface area (Å²) in [6.07, 6.45) is 3.48. The number of thioether (sulfide) groups is 1. The topological polar surface area (TPSA) is 56.1 Å². The molecule has 0 spiro atoms. The molecule has 0 radical (unpaired) electrons. The highest BCUT2D eigenvalue weighted by Gasteiger charge is 2.30. The van der Waals surface area contributed by atoms with Crippen molar-refractivity contribution < 1.29 is 17.9 Å². The first-order chi connectivity index (χ1) is 15.9. The molecule has 6 nitrogen and oxygen atoms in total. The number of ether oxygens (including phenoxy) is 1. The van der Waals surface area contributed by atoms with E-state index in [0.717, 1.165) is 79.2 Å². The monoisotopic (exact) mass is 481 g/mol. The molecule has 1 aromatic carbocycles. The molecule has 0 atom stereocenters. The van der Waals surface area contributed by atoms with Crippen molar-refractivity contribution in [2.24, 2.45) is 0 Å². The van der Waals surface area contributed by atoms with Gasteiger partial charge in [-0.05, 0) is 43.8 Å². The van der Waals surface area contributed by atoms with Gasteiger partial charge in [-0.2, -0.15) is 13.2 Å². The molecule has 0 N–H and O–H groups in total. The lowest BCUT2D eigenvalue weighted by Gasteiger charge is -2.13. The fraction of sp³-hybridized carbons (Fsp3) is 0.522. The average Bonchev–Trinajstić information content (AvgIpc) is 3.23. The number of hydrogen-bond acceptors (Lipinski definition) is 6. The van der Waals surface area contributed by atoms with E-state index in [1.807, 2.05) is 24.0 Å². The minimum absolute atomic E-state index is 0.381. The molecule has 0 amide bonds. The van der Waals surface area contributed by atoms with E-state index >= 15 is 0 Å². The Morgan fingerprint density at radius 2 is 1.94 bits per heavy atom. The van der Waals surface area contributed by atoms with Crippen molar-refractivity contribution in [3.05, 3.63) is 47.9 Å². The predicted molar refractivity (Wildman–Crippen MR) is 124 cm³/mol. The van der Waals surface area contributed by atoms with Crippen molar-refractivity contribution >= 4 is 22.7 Å². The predicted octanol–water partition coefficient (Wildman–Crippen LogP) is 5.28. The van der Waals surface area contributed by atoms with Crippen LogP contribution >= 0.6 is 11.8 Å². The summed E-state index contributed by atoms with van der Waals surface area (Å²) >= 11 is 1.67. The number of rotatable bonds is 13. The molecule has 2 aromatic heterocycles. The molecular weight excluding hydrogens is 451 g/mol. The summed E-state index contributed by atoms with van der Waals surface area (Å²) in [6, 6.07) is 5.64. The molecule has 0 aliphatic rings. The highest BCUT2D eigenvalue weighted by molar-refractivity contribution is 7.99. The number of unbranched alkanes of at least 4 members (excludes halogenated alkanes) is 3. The summed E-state index contributed by atoms with van der Waals surface area (Å²) in [5, 5.41) is 9.20. The lowest BCUT2D eigenvalue weighted by Crippen LogP contribution is -2.22. The van der Waals surface area contributed by atoms with Gasteiger partial charge in [0.05, 0.1) is 23.4 Å². The van der Waals surface area contributed by atoms with Gasteiger partial charge in [0.1, 0.15) is 0 Å². The van der Waals surface area contributed by atoms with Crippen LogP contribution in [0.4, 0.5) is 13.2 Å². The summed E-state index contributed by atoms with van der Waals surface area (Å²) in [6.45, 7) is 3.14. The van der Waals surface area contributed by atoms with Gasteiger partial charge in [-0.15, -0.1) is 16.9 Å². The van der Waals surface area contributed by atoms with Gasteiger partial charge >= 0.3 is 6.18 Å². The second-order valence-corrected chi connectivity index (χ2v) is 9.14. The number of aromatic nitrogens is 4. The summed E-state index contributed by atoms with van der Waals surface area (Å²) in [5.41, 5.74) is 0.672. The number of aryl methyl sites for hydroxylation is 1. The molecule has 0 fully saturated rings. The van der Waals surface area contributed by atoms with Crippen molar-refractivity contribution in [3.63, 3.8) is 0 Å². The van der Waals surface area contributed by atoms with Crippen LogP contribution in [0.1, 0.15) is 36.9 Å². The van der Waals surface area contributed by atoms with Crippen LogP contribution in [0.3, 0.4) is 0 Å². The van der Waals surface area contributed by atoms with E-state index in [2.05, 4.69) is 20.2 Å². The maximum absolute atomic E-state index is 12.9. The second kappa shape index (κ2) is 12.3. The third kappa shape index (κ3) is 7.97. The maximum atomic E-state index is 12.9. The van der Waals surface area contributed by atoms with Crippen LogP contribution in [0.25, 0.3) is 10.9 Å². The Kier molecular flexibility index (Phi) is 9.52. The van der Waals surface area contributed by atoms with Crippen LogP contribution in [0.2, 0.25) is 0 Å². The number of pyridine rings is 1. The quantitative estimate of drug-likeness (QED) is 0.245. The van der Waals surface area contributed by atoms with E-state index in [0.29, 0.717) is 12.1 Å². The highest BCUT2D eigenvalue weighted by atomic mass is 32.2. The summed E-state index contributed by atoms with van der Waals surface area (Å²) in [7, 11) is 3.73. The Labute approximate surface area is 196 Å². The highest BCUT2D eigenvalue weighted by Crippen LogP contribution is 2.33. The molecular formula is C23H30F3N5OS. The van der Waals surface area contributed by atoms with Gasteiger partial charge in [-0.3, -0.25) is 14.6 Å². The Bertz CT molecular complexity index is 1010. The number of likely N-dealkylation sites (N-methyl/N-ethyl adjacent to an activating group) is 1. The summed E-state index contributed by atoms with van der Waals surface area (Å²) in [4.78, 5) is 7.23. The van der Waals surface area contributed by atoms with Crippen LogP contribution in [0.15, 0.2) is 41.6 Å². The van der Waals surface area contributed by atoms with E-state index < -0.39 is 11.7 Å². The molecule has 0 saturated heterocycles. The van der Waals surface area contributed by atoms with Crippen molar-refractivity contribution in [1.29, 1.82) is 0 Å². The van der Waals surface area contributed by atoms with E-state index in [-0.39, 0.29) is 0 Å². The standard InChI is InChI=1S/C23H30F3N5OS/c1-30(12-13-32-2)16-19-17-31(29-28-19)11-5-3-4-6-14-33-22-9-10-27-21-15-18(23(24,25)26)7-8-20(21)22/h7-10,15,17H,3-6,11-14,16H2,1-2H3. The van der Waals surface area contributed by atoms with E-state index in [1.165, 1.54) is 6.07 Å². The Morgan fingerprint density at radius 3 is 2.73 bits per heavy atom. The van der Waals surface area contributed by atoms with Crippen molar-refractivity contribution in [3.8, 4) is 0 Å². The van der Waals surface area contributed by atoms with Gasteiger partial charge < -0.3 is 4.74 Å². The number of nitrogens with zero attached hydrogens (tertiary/aromatic N) is 5. The molecule has 0 aliphatic heterocycles. The first kappa shape index (κ1) is 25.5. The van der Waals surface area contributed by atoms with Crippen LogP contribution in [-0.2, 0) is 24.0 Å². The lowest BCUT2D eigenvalue weighted by molar-refractivity contribution is -0.137. The summed E-state index contributed by atoms with van der Waals surface area (Å²) < 4.78 is 45.7. The number of methoxy groups -OCH3 is 1. The molecule has 0 unspecified atom stereocenters. The first-order valence-corrected chi connectivity index (χ1v) is 12.0. The van der Waals surface area contributed by atoms with Crippen LogP contribution in [0.5, 0.6) is 0 Å². The largest absolute Gasteiger partial charge is 0.416 e. The lowest BCUT2D eigenvalue weighted by atomic mass is 10.1. The molecule has 0 saturated carbocycles. The van der Waals surface area contributed by atoms with E-state index in [1.54, 1.807) is 25.1 Å². The van der Waals surface area contributed by atoms with Crippen molar-refractivity contribution in [2.75, 3.05) is 33.1 Å². The van der Waals surface area contributed by atoms with Gasteiger partial charge in [-0.25, -0.2) is 0 Å². The van der Waals surface area contributed by atoms with E-state index in [9.17, 15) is 13.2 Å². The van der Waals surface area contributed by atoms with E-state index in [4.69, 9.17) is 4.74 Å². The second-order valence-electron chi connectivity index (χ2n) is 8.00. The Hall–Kier alpha value is -2.17. The third-order valence-corrected chi connectivity index (χ3v) is 6.42. The Balaban J connectivity index is 1.36. The van der Waals surface area contributed by atoms with Gasteiger partial charge in [0.2, 0.25) is 0 Å². The first-order valence-electron chi connectivity index (χ1n) is 11.0. The van der Waals surface area contributed by atoms with Gasteiger partial charge in [-0.1, -0.05) is 24.1 Å². The minimum Gasteiger partial charge on any atom is -0.383 e. The molecule has 0 aliphatic carbocycles. The zero-order valence-corrected chi connectivity index (χ0v) is 19.8. The van der Waals surface area contributed by atoms with Crippen LogP contribution in [-0.4, -0.2) is 57.9 Å². The summed E-state index contributed by atoms with van der Waals surface area (Å²) in [5.74, 6) is 0.918. The van der Waals surface area contributed by atoms with Crippen molar-refractivity contribution in [2.45, 2.75) is 49.8 Å². The van der Waals surface area contributed by atoms with Gasteiger partial charge in [0, 0.05) is 49.4 Å². The molecule has 2 heterocycles. The average molecular weight is 482 g/mol. The smallest absolute Gasteiger partial charge is 0.383 e. The van der Waals surface area contributed by atoms with Crippen LogP contribution < -0.4 is 0 Å². The molecule has 33 heavy (non-hydrogen) atoms. The van der Waals surface area contributed by atoms with Crippen LogP contribution in [0, 0.1) is 0 Å². The molecule has 3 rings (SSSR count). The molecule has 3 aromatic rings. The zero-order chi connectivity index (χ0) is 23.7. The van der Waals surface area contributed by atoms with Gasteiger partial charge in [0.25, 0.3) is 0 Å². The normalized spacial score (nSPS) is 12.2. The number of hydrogen-bond donors (Lipinski definition) is 0. The van der Waals surface area contributed by atoms with Crippen molar-refractivity contribution in [1.82, 2.24) is 24.9 Å². The number of alkyl halides is 3. The zero-order valence-electron chi connectivity index (χ0n) is 19.0. The minimum atomic E-state index is -4.35. The fourth-order valence-electron chi connectivity index (χ4n) is 3.46.